The molecule has 0 fully saturated rings. The minimum atomic E-state index is -2.29. The van der Waals surface area contributed by atoms with Crippen LogP contribution in [0, 0.1) is 0 Å². The first kappa shape index (κ1) is 26.7. The summed E-state index contributed by atoms with van der Waals surface area (Å²) in [5.41, 5.74) is 0. The summed E-state index contributed by atoms with van der Waals surface area (Å²) in [6, 6.07) is 9.95. The van der Waals surface area contributed by atoms with E-state index in [1.54, 1.807) is 22.7 Å². The van der Waals surface area contributed by atoms with E-state index in [4.69, 9.17) is 0 Å². The molecular formula is C26H46S2SiSn. The first-order valence-electron chi connectivity index (χ1n) is 12.3. The monoisotopic (exact) mass is 570 g/mol. The van der Waals surface area contributed by atoms with Gasteiger partial charge in [-0.15, -0.1) is 0 Å². The number of unbranched alkanes of at least 4 members (excludes halogenated alkanes) is 3. The summed E-state index contributed by atoms with van der Waals surface area (Å²) in [5, 5.41) is 0.405. The molecule has 2 aromatic rings. The summed E-state index contributed by atoms with van der Waals surface area (Å²) in [6.07, 6.45) is 8.42. The fourth-order valence-corrected chi connectivity index (χ4v) is 28.7. The Balaban J connectivity index is 2.37. The molecule has 2 heterocycles. The van der Waals surface area contributed by atoms with Crippen LogP contribution in [0.1, 0.15) is 80.1 Å². The zero-order valence-electron chi connectivity index (χ0n) is 21.0. The van der Waals surface area contributed by atoms with E-state index in [0.717, 1.165) is 0 Å². The van der Waals surface area contributed by atoms with E-state index in [1.165, 1.54) is 43.4 Å². The van der Waals surface area contributed by atoms with Gasteiger partial charge in [-0.2, -0.15) is 0 Å². The first-order chi connectivity index (χ1) is 14.1. The van der Waals surface area contributed by atoms with Crippen molar-refractivity contribution in [1.82, 2.24) is 0 Å². The second kappa shape index (κ2) is 11.5. The topological polar surface area (TPSA) is 0 Å². The van der Waals surface area contributed by atoms with Gasteiger partial charge < -0.3 is 0 Å². The van der Waals surface area contributed by atoms with E-state index >= 15 is 0 Å². The summed E-state index contributed by atoms with van der Waals surface area (Å²) < 4.78 is 8.26. The van der Waals surface area contributed by atoms with Crippen LogP contribution >= 0.6 is 22.7 Å². The molecule has 0 unspecified atom stereocenters. The van der Waals surface area contributed by atoms with Gasteiger partial charge in [0.15, 0.2) is 0 Å². The van der Waals surface area contributed by atoms with Crippen LogP contribution in [0.25, 0.3) is 9.75 Å². The van der Waals surface area contributed by atoms with Gasteiger partial charge in [-0.05, 0) is 0 Å². The molecule has 0 spiro atoms. The van der Waals surface area contributed by atoms with Gasteiger partial charge in [-0.1, -0.05) is 0 Å². The predicted molar refractivity (Wildman–Crippen MR) is 149 cm³/mol. The first-order valence-corrected chi connectivity index (χ1v) is 24.4. The van der Waals surface area contributed by atoms with E-state index in [9.17, 15) is 0 Å². The summed E-state index contributed by atoms with van der Waals surface area (Å²) in [6.45, 7) is 19.5. The van der Waals surface area contributed by atoms with Gasteiger partial charge in [0.2, 0.25) is 0 Å². The minimum absolute atomic E-state index is 0.405. The second-order valence-corrected chi connectivity index (χ2v) is 32.8. The fraction of sp³-hybridized carbons (Fsp3) is 0.692. The van der Waals surface area contributed by atoms with Crippen molar-refractivity contribution in [2.24, 2.45) is 0 Å². The SMILES string of the molecule is CCC[CH2][Sn]([CH2]CCC)([CH2]CCC)[c]1ccc(-c2ccc([Si](C)(C)C(C)(C)C)s2)s1. The van der Waals surface area contributed by atoms with Crippen molar-refractivity contribution in [3.8, 4) is 9.75 Å². The van der Waals surface area contributed by atoms with Crippen LogP contribution in [0.15, 0.2) is 24.3 Å². The number of hydrogen-bond donors (Lipinski definition) is 0. The predicted octanol–water partition coefficient (Wildman–Crippen LogP) is 9.25. The standard InChI is InChI=1S/C14H19S2Si.3C4H9.Sn/c1-14(2,3)17(4,5)13-9-8-12(16-13)11-7-6-10-15-11;3*1-3-4-2;/h6-9H,1-5H3;3*1,3-4H2,2H3;. The van der Waals surface area contributed by atoms with Crippen molar-refractivity contribution in [3.05, 3.63) is 24.3 Å². The third-order valence-electron chi connectivity index (χ3n) is 7.50. The zero-order chi connectivity index (χ0) is 22.4. The molecule has 2 rings (SSSR count). The van der Waals surface area contributed by atoms with Crippen LogP contribution in [-0.4, -0.2) is 26.5 Å². The van der Waals surface area contributed by atoms with E-state index in [-0.39, 0.29) is 0 Å². The maximum atomic E-state index is 2.59. The van der Waals surface area contributed by atoms with Gasteiger partial charge in [-0.25, -0.2) is 0 Å². The number of rotatable bonds is 12. The van der Waals surface area contributed by atoms with Crippen molar-refractivity contribution >= 4 is 56.5 Å². The molecule has 0 nitrogen and oxygen atoms in total. The molecule has 4 heteroatoms. The molecule has 0 atom stereocenters. The quantitative estimate of drug-likeness (QED) is 0.224. The Bertz CT molecular complexity index is 744. The third-order valence-corrected chi connectivity index (χ3v) is 34.9. The van der Waals surface area contributed by atoms with Gasteiger partial charge >= 0.3 is 202 Å². The Morgan fingerprint density at radius 2 is 1.20 bits per heavy atom. The summed E-state index contributed by atoms with van der Waals surface area (Å²) in [4.78, 5) is 3.07. The molecule has 2 aromatic heterocycles. The summed E-state index contributed by atoms with van der Waals surface area (Å²) >= 11 is 2.00. The Kier molecular flexibility index (Phi) is 10.2. The normalized spacial score (nSPS) is 13.2. The molecule has 0 radical (unpaired) electrons. The molecule has 0 aliphatic carbocycles. The Morgan fingerprint density at radius 3 is 1.67 bits per heavy atom. The number of hydrogen-bond acceptors (Lipinski definition) is 2. The fourth-order valence-electron chi connectivity index (χ4n) is 4.22. The van der Waals surface area contributed by atoms with Crippen molar-refractivity contribution < 1.29 is 0 Å². The molecule has 0 N–H and O–H groups in total. The molecule has 0 saturated carbocycles. The van der Waals surface area contributed by atoms with Crippen molar-refractivity contribution in [3.63, 3.8) is 0 Å². The average molecular weight is 570 g/mol. The Morgan fingerprint density at radius 1 is 0.733 bits per heavy atom. The van der Waals surface area contributed by atoms with Gasteiger partial charge in [-0.3, -0.25) is 0 Å². The van der Waals surface area contributed by atoms with Crippen LogP contribution in [0.4, 0.5) is 0 Å². The van der Waals surface area contributed by atoms with Crippen molar-refractivity contribution in [2.75, 3.05) is 0 Å². The maximum absolute atomic E-state index is 2.59. The third kappa shape index (κ3) is 6.26. The van der Waals surface area contributed by atoms with E-state index in [1.807, 2.05) is 2.89 Å². The molecule has 0 aliphatic heterocycles. The molecule has 0 saturated heterocycles. The molecule has 0 amide bonds. The molecule has 30 heavy (non-hydrogen) atoms. The molecular weight excluding hydrogens is 523 g/mol. The van der Waals surface area contributed by atoms with E-state index in [0.29, 0.717) is 5.04 Å². The van der Waals surface area contributed by atoms with Crippen molar-refractivity contribution in [1.29, 1.82) is 0 Å². The summed E-state index contributed by atoms with van der Waals surface area (Å²) in [7, 11) is -1.44. The average Bonchev–Trinajstić information content (AvgIpc) is 3.37. The van der Waals surface area contributed by atoms with Crippen LogP contribution in [0.3, 0.4) is 0 Å². The molecule has 170 valence electrons. The van der Waals surface area contributed by atoms with Crippen LogP contribution in [-0.2, 0) is 0 Å². The van der Waals surface area contributed by atoms with Crippen molar-refractivity contribution in [2.45, 2.75) is 112 Å². The second-order valence-electron chi connectivity index (χ2n) is 10.8. The van der Waals surface area contributed by atoms with E-state index in [2.05, 4.69) is 102 Å². The Labute approximate surface area is 200 Å². The zero-order valence-corrected chi connectivity index (χ0v) is 26.5. The van der Waals surface area contributed by atoms with Gasteiger partial charge in [0, 0.05) is 0 Å². The van der Waals surface area contributed by atoms with E-state index < -0.39 is 26.5 Å². The van der Waals surface area contributed by atoms with Gasteiger partial charge in [0.05, 0.1) is 0 Å². The number of thiophene rings is 2. The molecule has 0 aromatic carbocycles. The van der Waals surface area contributed by atoms with Crippen LogP contribution < -0.4 is 7.39 Å². The van der Waals surface area contributed by atoms with Crippen LogP contribution in [0.5, 0.6) is 0 Å². The summed E-state index contributed by atoms with van der Waals surface area (Å²) in [5.74, 6) is 0. The van der Waals surface area contributed by atoms with Crippen LogP contribution in [0.2, 0.25) is 31.4 Å². The molecule has 0 bridgehead atoms. The Hall–Kier alpha value is 0.416. The van der Waals surface area contributed by atoms with Gasteiger partial charge in [0.25, 0.3) is 0 Å². The van der Waals surface area contributed by atoms with Gasteiger partial charge in [0.1, 0.15) is 0 Å². The molecule has 0 aliphatic rings.